The second kappa shape index (κ2) is 6.92. The average Bonchev–Trinajstić information content (AvgIpc) is 2.51. The fourth-order valence-corrected chi connectivity index (χ4v) is 2.36. The lowest BCUT2D eigenvalue weighted by atomic mass is 10.1. The van der Waals surface area contributed by atoms with Gasteiger partial charge in [0, 0.05) is 12.1 Å². The summed E-state index contributed by atoms with van der Waals surface area (Å²) in [5, 5.41) is 8.82. The van der Waals surface area contributed by atoms with Crippen molar-refractivity contribution in [3.05, 3.63) is 52.8 Å². The van der Waals surface area contributed by atoms with E-state index in [4.69, 9.17) is 15.7 Å². The minimum Gasteiger partial charge on any atom is -0.451 e. The third-order valence-electron chi connectivity index (χ3n) is 3.05. The molecule has 128 valence electrons. The molecule has 2 rings (SSSR count). The van der Waals surface area contributed by atoms with Crippen molar-refractivity contribution in [3.8, 4) is 29.0 Å². The molecule has 0 unspecified atom stereocenters. The van der Waals surface area contributed by atoms with Gasteiger partial charge in [-0.1, -0.05) is 25.6 Å². The largest absolute Gasteiger partial charge is 0.451 e. The Bertz CT molecular complexity index is 935. The number of nitriles is 1. The average molecular weight is 360 g/mol. The molecule has 0 saturated heterocycles. The summed E-state index contributed by atoms with van der Waals surface area (Å²) in [6.45, 7) is 5.91. The summed E-state index contributed by atoms with van der Waals surface area (Å²) in [5.41, 5.74) is 8.03. The van der Waals surface area contributed by atoms with Crippen LogP contribution in [-0.2, 0) is 0 Å². The molecule has 7 heteroatoms. The van der Waals surface area contributed by atoms with Crippen molar-refractivity contribution in [2.24, 2.45) is 0 Å². The topological polar surface area (TPSA) is 59.0 Å². The van der Waals surface area contributed by atoms with Crippen LogP contribution < -0.4 is 10.5 Å². The Labute approximate surface area is 144 Å². The van der Waals surface area contributed by atoms with Crippen LogP contribution in [0, 0.1) is 40.2 Å². The lowest BCUT2D eigenvalue weighted by molar-refractivity contribution is 0.406. The third-order valence-corrected chi connectivity index (χ3v) is 3.92. The van der Waals surface area contributed by atoms with Crippen LogP contribution in [0.2, 0.25) is 19.6 Å². The summed E-state index contributed by atoms with van der Waals surface area (Å²) in [7, 11) is -1.81. The van der Waals surface area contributed by atoms with E-state index in [0.717, 1.165) is 18.2 Å². The number of benzene rings is 2. The van der Waals surface area contributed by atoms with Crippen molar-refractivity contribution in [2.45, 2.75) is 19.6 Å². The van der Waals surface area contributed by atoms with E-state index in [1.54, 1.807) is 6.07 Å². The summed E-state index contributed by atoms with van der Waals surface area (Å²) in [6, 6.07) is 5.74. The molecule has 0 aliphatic carbocycles. The first-order valence-corrected chi connectivity index (χ1v) is 10.8. The maximum absolute atomic E-state index is 14.6. The van der Waals surface area contributed by atoms with Gasteiger partial charge in [0.15, 0.2) is 17.4 Å². The zero-order chi connectivity index (χ0) is 18.8. The molecule has 0 atom stereocenters. The molecule has 3 nitrogen and oxygen atoms in total. The first-order valence-electron chi connectivity index (χ1n) is 7.30. The van der Waals surface area contributed by atoms with Gasteiger partial charge in [0.1, 0.15) is 25.7 Å². The number of halogens is 3. The van der Waals surface area contributed by atoms with E-state index < -0.39 is 31.3 Å². The molecule has 0 aromatic heterocycles. The van der Waals surface area contributed by atoms with Gasteiger partial charge in [-0.15, -0.1) is 5.54 Å². The van der Waals surface area contributed by atoms with Crippen LogP contribution >= 0.6 is 0 Å². The van der Waals surface area contributed by atoms with Gasteiger partial charge in [0.25, 0.3) is 0 Å². The SMILES string of the molecule is C[Si](C)(C)C#Cc1c(N)cc(F)c(Oc2ccc(F)c(C#N)c2)c1F. The van der Waals surface area contributed by atoms with E-state index in [1.807, 2.05) is 19.6 Å². The van der Waals surface area contributed by atoms with Gasteiger partial charge in [-0.25, -0.2) is 13.2 Å². The lowest BCUT2D eigenvalue weighted by Gasteiger charge is -2.11. The highest BCUT2D eigenvalue weighted by Gasteiger charge is 2.19. The first kappa shape index (κ1) is 18.4. The summed E-state index contributed by atoms with van der Waals surface area (Å²) in [5.74, 6) is -0.932. The van der Waals surface area contributed by atoms with Crippen molar-refractivity contribution in [2.75, 3.05) is 5.73 Å². The Balaban J connectivity index is 2.52. The molecule has 25 heavy (non-hydrogen) atoms. The predicted molar refractivity (Wildman–Crippen MR) is 92.2 cm³/mol. The minimum absolute atomic E-state index is 0.0790. The number of anilines is 1. The zero-order valence-electron chi connectivity index (χ0n) is 13.9. The van der Waals surface area contributed by atoms with Gasteiger partial charge in [0.05, 0.1) is 16.8 Å². The van der Waals surface area contributed by atoms with Crippen molar-refractivity contribution in [3.63, 3.8) is 0 Å². The molecule has 0 aliphatic heterocycles. The van der Waals surface area contributed by atoms with Crippen LogP contribution in [-0.4, -0.2) is 8.07 Å². The molecule has 2 aromatic rings. The minimum atomic E-state index is -1.81. The molecule has 0 bridgehead atoms. The van der Waals surface area contributed by atoms with E-state index in [2.05, 4.69) is 11.5 Å². The maximum Gasteiger partial charge on any atom is 0.200 e. The van der Waals surface area contributed by atoms with Crippen molar-refractivity contribution < 1.29 is 17.9 Å². The number of hydrogen-bond acceptors (Lipinski definition) is 3. The smallest absolute Gasteiger partial charge is 0.200 e. The number of rotatable bonds is 2. The molecule has 0 spiro atoms. The van der Waals surface area contributed by atoms with E-state index in [-0.39, 0.29) is 22.6 Å². The summed E-state index contributed by atoms with van der Waals surface area (Å²) in [6.07, 6.45) is 0. The molecule has 0 aliphatic rings. The molecule has 0 heterocycles. The number of ether oxygens (including phenoxy) is 1. The van der Waals surface area contributed by atoms with Gasteiger partial charge < -0.3 is 10.5 Å². The highest BCUT2D eigenvalue weighted by Crippen LogP contribution is 2.33. The molecule has 0 fully saturated rings. The van der Waals surface area contributed by atoms with Crippen molar-refractivity contribution in [1.82, 2.24) is 0 Å². The summed E-state index contributed by atoms with van der Waals surface area (Å²) < 4.78 is 47.3. The number of hydrogen-bond donors (Lipinski definition) is 1. The van der Waals surface area contributed by atoms with Gasteiger partial charge in [-0.3, -0.25) is 0 Å². The van der Waals surface area contributed by atoms with E-state index in [1.165, 1.54) is 6.07 Å². The van der Waals surface area contributed by atoms with Gasteiger partial charge in [-0.05, 0) is 12.1 Å². The van der Waals surface area contributed by atoms with E-state index in [0.29, 0.717) is 0 Å². The third kappa shape index (κ3) is 4.34. The standard InChI is InChI=1S/C18H15F3N2OSi/c1-25(2,3)7-6-13-16(23)9-15(20)18(17(13)21)24-12-4-5-14(19)11(8-12)10-22/h4-5,8-9H,23H2,1-3H3. The maximum atomic E-state index is 14.6. The van der Waals surface area contributed by atoms with E-state index >= 15 is 0 Å². The van der Waals surface area contributed by atoms with E-state index in [9.17, 15) is 13.2 Å². The Morgan fingerprint density at radius 2 is 1.76 bits per heavy atom. The second-order valence-electron chi connectivity index (χ2n) is 6.32. The van der Waals surface area contributed by atoms with Crippen molar-refractivity contribution in [1.29, 1.82) is 5.26 Å². The molecular formula is C18H15F3N2OSi. The fourth-order valence-electron chi connectivity index (χ4n) is 1.86. The second-order valence-corrected chi connectivity index (χ2v) is 11.1. The van der Waals surface area contributed by atoms with Crippen molar-refractivity contribution >= 4 is 13.8 Å². The molecule has 0 radical (unpaired) electrons. The van der Waals surface area contributed by atoms with Gasteiger partial charge >= 0.3 is 0 Å². The Hall–Kier alpha value is -2.90. The molecule has 2 aromatic carbocycles. The number of nitrogen functional groups attached to an aromatic ring is 1. The molecule has 2 N–H and O–H groups in total. The zero-order valence-corrected chi connectivity index (χ0v) is 14.9. The number of nitrogens with zero attached hydrogens (tertiary/aromatic N) is 1. The lowest BCUT2D eigenvalue weighted by Crippen LogP contribution is -2.16. The quantitative estimate of drug-likeness (QED) is 0.484. The highest BCUT2D eigenvalue weighted by molar-refractivity contribution is 6.83. The normalized spacial score (nSPS) is 10.6. The van der Waals surface area contributed by atoms with Crippen LogP contribution in [0.25, 0.3) is 0 Å². The van der Waals surface area contributed by atoms with Crippen LogP contribution in [0.15, 0.2) is 24.3 Å². The predicted octanol–water partition coefficient (Wildman–Crippen LogP) is 4.58. The molecule has 0 saturated carbocycles. The Morgan fingerprint density at radius 1 is 1.08 bits per heavy atom. The van der Waals surface area contributed by atoms with Crippen LogP contribution in [0.3, 0.4) is 0 Å². The summed E-state index contributed by atoms with van der Waals surface area (Å²) in [4.78, 5) is 0. The number of nitrogens with two attached hydrogens (primary N) is 1. The van der Waals surface area contributed by atoms with Gasteiger partial charge in [-0.2, -0.15) is 5.26 Å². The Kier molecular flexibility index (Phi) is 5.10. The van der Waals surface area contributed by atoms with Gasteiger partial charge in [0.2, 0.25) is 0 Å². The fraction of sp³-hybridized carbons (Fsp3) is 0.167. The van der Waals surface area contributed by atoms with Crippen LogP contribution in [0.5, 0.6) is 11.5 Å². The van der Waals surface area contributed by atoms with Crippen LogP contribution in [0.4, 0.5) is 18.9 Å². The highest BCUT2D eigenvalue weighted by atomic mass is 28.3. The Morgan fingerprint density at radius 3 is 2.36 bits per heavy atom. The molecular weight excluding hydrogens is 345 g/mol. The summed E-state index contributed by atoms with van der Waals surface area (Å²) >= 11 is 0. The van der Waals surface area contributed by atoms with Crippen LogP contribution in [0.1, 0.15) is 11.1 Å². The first-order chi connectivity index (χ1) is 11.6. The molecule has 0 amide bonds. The monoisotopic (exact) mass is 360 g/mol.